The molecule has 1 aromatic carbocycles. The average molecular weight is 377 g/mol. The van der Waals surface area contributed by atoms with Crippen LogP contribution in [0.2, 0.25) is 0 Å². The van der Waals surface area contributed by atoms with Gasteiger partial charge in [-0.25, -0.2) is 0 Å². The van der Waals surface area contributed by atoms with Crippen LogP contribution in [0, 0.1) is 6.92 Å². The summed E-state index contributed by atoms with van der Waals surface area (Å²) in [6.45, 7) is 6.38. The van der Waals surface area contributed by atoms with Crippen LogP contribution in [0.1, 0.15) is 57.4 Å². The molecule has 0 saturated heterocycles. The van der Waals surface area contributed by atoms with E-state index in [9.17, 15) is 9.59 Å². The fourth-order valence-electron chi connectivity index (χ4n) is 2.90. The molecule has 0 aliphatic heterocycles. The van der Waals surface area contributed by atoms with Gasteiger partial charge in [-0.15, -0.1) is 0 Å². The standard InChI is InChI=1S/C22H23N3O3/c1-14(2)19-8-4-6-15(3)20(19)25-22(27)17-10-16(11-23-12-17)21(26)24-13-18-7-5-9-28-18/h4-12,14H,13H2,1-3H3,(H,24,26)(H,25,27). The Labute approximate surface area is 164 Å². The zero-order valence-electron chi connectivity index (χ0n) is 16.2. The first-order valence-corrected chi connectivity index (χ1v) is 9.12. The van der Waals surface area contributed by atoms with Crippen LogP contribution in [-0.4, -0.2) is 16.8 Å². The van der Waals surface area contributed by atoms with Crippen LogP contribution in [0.4, 0.5) is 5.69 Å². The van der Waals surface area contributed by atoms with Crippen LogP contribution in [0.15, 0.2) is 59.5 Å². The van der Waals surface area contributed by atoms with Crippen molar-refractivity contribution < 1.29 is 14.0 Å². The van der Waals surface area contributed by atoms with Gasteiger partial charge in [0, 0.05) is 18.1 Å². The maximum atomic E-state index is 12.8. The third-order valence-electron chi connectivity index (χ3n) is 4.43. The number of aromatic nitrogens is 1. The van der Waals surface area contributed by atoms with E-state index >= 15 is 0 Å². The summed E-state index contributed by atoms with van der Waals surface area (Å²) < 4.78 is 5.20. The lowest BCUT2D eigenvalue weighted by Crippen LogP contribution is -2.23. The number of nitrogens with one attached hydrogen (secondary N) is 2. The number of nitrogens with zero attached hydrogens (tertiary/aromatic N) is 1. The average Bonchev–Trinajstić information content (AvgIpc) is 3.21. The van der Waals surface area contributed by atoms with Gasteiger partial charge in [-0.05, 0) is 42.2 Å². The highest BCUT2D eigenvalue weighted by Gasteiger charge is 2.15. The summed E-state index contributed by atoms with van der Waals surface area (Å²) in [6.07, 6.45) is 4.43. The van der Waals surface area contributed by atoms with Crippen LogP contribution in [-0.2, 0) is 6.54 Å². The first-order valence-electron chi connectivity index (χ1n) is 9.12. The minimum atomic E-state index is -0.322. The summed E-state index contributed by atoms with van der Waals surface area (Å²) in [7, 11) is 0. The second kappa shape index (κ2) is 8.52. The summed E-state index contributed by atoms with van der Waals surface area (Å²) in [5, 5.41) is 5.72. The number of benzene rings is 1. The number of pyridine rings is 1. The monoisotopic (exact) mass is 377 g/mol. The molecule has 2 amide bonds. The van der Waals surface area contributed by atoms with Gasteiger partial charge in [-0.1, -0.05) is 32.0 Å². The van der Waals surface area contributed by atoms with Crippen molar-refractivity contribution in [1.29, 1.82) is 0 Å². The smallest absolute Gasteiger partial charge is 0.257 e. The molecule has 0 radical (unpaired) electrons. The number of hydrogen-bond acceptors (Lipinski definition) is 4. The summed E-state index contributed by atoms with van der Waals surface area (Å²) in [5.41, 5.74) is 3.49. The van der Waals surface area contributed by atoms with Gasteiger partial charge in [0.25, 0.3) is 11.8 Å². The Kier molecular flexibility index (Phi) is 5.89. The number of carbonyl (C=O) groups excluding carboxylic acids is 2. The van der Waals surface area contributed by atoms with Crippen molar-refractivity contribution in [1.82, 2.24) is 10.3 Å². The molecule has 28 heavy (non-hydrogen) atoms. The summed E-state index contributed by atoms with van der Waals surface area (Å²) in [4.78, 5) is 29.2. The minimum Gasteiger partial charge on any atom is -0.467 e. The van der Waals surface area contributed by atoms with Crippen molar-refractivity contribution in [3.8, 4) is 0 Å². The van der Waals surface area contributed by atoms with Crippen LogP contribution in [0.25, 0.3) is 0 Å². The molecule has 0 atom stereocenters. The molecule has 0 saturated carbocycles. The first kappa shape index (κ1) is 19.4. The lowest BCUT2D eigenvalue weighted by molar-refractivity contribution is 0.0947. The maximum absolute atomic E-state index is 12.8. The van der Waals surface area contributed by atoms with Crippen molar-refractivity contribution in [3.05, 3.63) is 83.1 Å². The number of hydrogen-bond donors (Lipinski definition) is 2. The number of furan rings is 1. The maximum Gasteiger partial charge on any atom is 0.257 e. The zero-order valence-corrected chi connectivity index (χ0v) is 16.2. The molecule has 0 aliphatic rings. The molecular weight excluding hydrogens is 354 g/mol. The van der Waals surface area contributed by atoms with E-state index in [4.69, 9.17) is 4.42 Å². The molecule has 0 unspecified atom stereocenters. The number of carbonyl (C=O) groups is 2. The molecule has 2 N–H and O–H groups in total. The molecule has 144 valence electrons. The number of anilines is 1. The predicted octanol–water partition coefficient (Wildman–Crippen LogP) is 4.29. The van der Waals surface area contributed by atoms with Crippen molar-refractivity contribution in [2.75, 3.05) is 5.32 Å². The molecular formula is C22H23N3O3. The van der Waals surface area contributed by atoms with Gasteiger partial charge in [0.2, 0.25) is 0 Å². The summed E-state index contributed by atoms with van der Waals surface area (Å²) in [6, 6.07) is 11.0. The Bertz CT molecular complexity index is 978. The molecule has 2 heterocycles. The highest BCUT2D eigenvalue weighted by atomic mass is 16.3. The van der Waals surface area contributed by atoms with Gasteiger partial charge < -0.3 is 15.1 Å². The topological polar surface area (TPSA) is 84.2 Å². The highest BCUT2D eigenvalue weighted by molar-refractivity contribution is 6.06. The van der Waals surface area contributed by atoms with Gasteiger partial charge in [0.1, 0.15) is 5.76 Å². The van der Waals surface area contributed by atoms with Crippen LogP contribution < -0.4 is 10.6 Å². The molecule has 0 aliphatic carbocycles. The highest BCUT2D eigenvalue weighted by Crippen LogP contribution is 2.27. The number of para-hydroxylation sites is 1. The van der Waals surface area contributed by atoms with Crippen molar-refractivity contribution in [3.63, 3.8) is 0 Å². The Balaban J connectivity index is 1.75. The molecule has 0 bridgehead atoms. The normalized spacial score (nSPS) is 10.7. The van der Waals surface area contributed by atoms with E-state index in [1.807, 2.05) is 25.1 Å². The third-order valence-corrected chi connectivity index (χ3v) is 4.43. The molecule has 0 fully saturated rings. The molecule has 3 aromatic rings. The zero-order chi connectivity index (χ0) is 20.1. The molecule has 2 aromatic heterocycles. The van der Waals surface area contributed by atoms with Crippen molar-refractivity contribution in [2.24, 2.45) is 0 Å². The van der Waals surface area contributed by atoms with E-state index in [1.54, 1.807) is 18.4 Å². The van der Waals surface area contributed by atoms with Gasteiger partial charge in [0.15, 0.2) is 0 Å². The lowest BCUT2D eigenvalue weighted by Gasteiger charge is -2.16. The van der Waals surface area contributed by atoms with E-state index < -0.39 is 0 Å². The molecule has 6 heteroatoms. The predicted molar refractivity (Wildman–Crippen MR) is 107 cm³/mol. The van der Waals surface area contributed by atoms with E-state index in [0.717, 1.165) is 16.8 Å². The van der Waals surface area contributed by atoms with Gasteiger partial charge in [0.05, 0.1) is 23.9 Å². The number of aryl methyl sites for hydroxylation is 1. The van der Waals surface area contributed by atoms with Crippen molar-refractivity contribution in [2.45, 2.75) is 33.2 Å². The molecule has 0 spiro atoms. The Morgan fingerprint density at radius 3 is 2.50 bits per heavy atom. The lowest BCUT2D eigenvalue weighted by atomic mass is 9.98. The Morgan fingerprint density at radius 1 is 1.07 bits per heavy atom. The van der Waals surface area contributed by atoms with Crippen molar-refractivity contribution >= 4 is 17.5 Å². The molecule has 6 nitrogen and oxygen atoms in total. The Morgan fingerprint density at radius 2 is 1.82 bits per heavy atom. The summed E-state index contributed by atoms with van der Waals surface area (Å²) >= 11 is 0. The Hall–Kier alpha value is -3.41. The fourth-order valence-corrected chi connectivity index (χ4v) is 2.90. The third kappa shape index (κ3) is 4.46. The minimum absolute atomic E-state index is 0.267. The van der Waals surface area contributed by atoms with Crippen LogP contribution >= 0.6 is 0 Å². The quantitative estimate of drug-likeness (QED) is 0.671. The van der Waals surface area contributed by atoms with Gasteiger partial charge in [-0.2, -0.15) is 0 Å². The summed E-state index contributed by atoms with van der Waals surface area (Å²) in [5.74, 6) is 0.296. The first-order chi connectivity index (χ1) is 13.5. The van der Waals surface area contributed by atoms with Gasteiger partial charge in [-0.3, -0.25) is 14.6 Å². The van der Waals surface area contributed by atoms with Crippen LogP contribution in [0.5, 0.6) is 0 Å². The largest absolute Gasteiger partial charge is 0.467 e. The van der Waals surface area contributed by atoms with Gasteiger partial charge >= 0.3 is 0 Å². The number of rotatable bonds is 6. The molecule has 3 rings (SSSR count). The second-order valence-corrected chi connectivity index (χ2v) is 6.87. The number of amides is 2. The SMILES string of the molecule is Cc1cccc(C(C)C)c1NC(=O)c1cncc(C(=O)NCc2ccco2)c1. The fraction of sp³-hybridized carbons (Fsp3) is 0.227. The van der Waals surface area contributed by atoms with E-state index in [2.05, 4.69) is 29.5 Å². The van der Waals surface area contributed by atoms with E-state index in [-0.39, 0.29) is 24.3 Å². The van der Waals surface area contributed by atoms with E-state index in [1.165, 1.54) is 18.5 Å². The van der Waals surface area contributed by atoms with E-state index in [0.29, 0.717) is 16.9 Å². The second-order valence-electron chi connectivity index (χ2n) is 6.87. The van der Waals surface area contributed by atoms with Crippen LogP contribution in [0.3, 0.4) is 0 Å².